The standard InChI is InChI=1S/C14H8BrF3N2O/c15-9-5-4-7(14(16,17)18)6-8(9)13-20-12-10(19)2-1-3-11(12)21-13/h1-6H,19H2. The number of para-hydroxylation sites is 1. The number of anilines is 1. The van der Waals surface area contributed by atoms with E-state index in [9.17, 15) is 13.2 Å². The van der Waals surface area contributed by atoms with Gasteiger partial charge in [0.2, 0.25) is 5.89 Å². The third-order valence-electron chi connectivity index (χ3n) is 2.97. The van der Waals surface area contributed by atoms with Crippen molar-refractivity contribution < 1.29 is 17.6 Å². The van der Waals surface area contributed by atoms with Crippen LogP contribution in [-0.4, -0.2) is 4.98 Å². The predicted molar refractivity (Wildman–Crippen MR) is 76.6 cm³/mol. The van der Waals surface area contributed by atoms with Gasteiger partial charge in [0, 0.05) is 4.47 Å². The Kier molecular flexibility index (Phi) is 3.16. The lowest BCUT2D eigenvalue weighted by atomic mass is 10.1. The molecule has 0 saturated heterocycles. The quantitative estimate of drug-likeness (QED) is 0.633. The number of oxazole rings is 1. The van der Waals surface area contributed by atoms with Gasteiger partial charge in [0.1, 0.15) is 5.52 Å². The molecule has 7 heteroatoms. The van der Waals surface area contributed by atoms with Crippen LogP contribution in [0.2, 0.25) is 0 Å². The fourth-order valence-electron chi connectivity index (χ4n) is 1.95. The lowest BCUT2D eigenvalue weighted by Crippen LogP contribution is -2.04. The van der Waals surface area contributed by atoms with Gasteiger partial charge in [0.15, 0.2) is 5.58 Å². The fraction of sp³-hybridized carbons (Fsp3) is 0.0714. The van der Waals surface area contributed by atoms with Crippen LogP contribution in [0.4, 0.5) is 18.9 Å². The molecule has 2 aromatic carbocycles. The van der Waals surface area contributed by atoms with Crippen molar-refractivity contribution in [3.63, 3.8) is 0 Å². The Morgan fingerprint density at radius 1 is 1.14 bits per heavy atom. The van der Waals surface area contributed by atoms with E-state index in [-0.39, 0.29) is 11.5 Å². The maximum Gasteiger partial charge on any atom is 0.416 e. The molecule has 0 unspecified atom stereocenters. The van der Waals surface area contributed by atoms with E-state index in [1.54, 1.807) is 18.2 Å². The fourth-order valence-corrected chi connectivity index (χ4v) is 2.37. The van der Waals surface area contributed by atoms with Crippen molar-refractivity contribution in [1.29, 1.82) is 0 Å². The third kappa shape index (κ3) is 2.49. The first-order valence-corrected chi connectivity index (χ1v) is 6.68. The molecular formula is C14H8BrF3N2O. The van der Waals surface area contributed by atoms with E-state index >= 15 is 0 Å². The molecule has 0 radical (unpaired) electrons. The highest BCUT2D eigenvalue weighted by Crippen LogP contribution is 2.37. The highest BCUT2D eigenvalue weighted by molar-refractivity contribution is 9.10. The Hall–Kier alpha value is -2.02. The van der Waals surface area contributed by atoms with Gasteiger partial charge in [-0.15, -0.1) is 0 Å². The summed E-state index contributed by atoms with van der Waals surface area (Å²) in [5.74, 6) is 0.0841. The summed E-state index contributed by atoms with van der Waals surface area (Å²) < 4.78 is 44.3. The molecule has 3 rings (SSSR count). The Balaban J connectivity index is 2.20. The number of nitrogen functional groups attached to an aromatic ring is 1. The first-order chi connectivity index (χ1) is 9.86. The summed E-state index contributed by atoms with van der Waals surface area (Å²) >= 11 is 3.21. The zero-order valence-electron chi connectivity index (χ0n) is 10.4. The number of nitrogens with two attached hydrogens (primary N) is 1. The van der Waals surface area contributed by atoms with Crippen LogP contribution in [0.25, 0.3) is 22.6 Å². The second-order valence-corrected chi connectivity index (χ2v) is 5.26. The van der Waals surface area contributed by atoms with Crippen LogP contribution in [0, 0.1) is 0 Å². The van der Waals surface area contributed by atoms with E-state index < -0.39 is 11.7 Å². The number of aromatic nitrogens is 1. The summed E-state index contributed by atoms with van der Waals surface area (Å²) in [7, 11) is 0. The first kappa shape index (κ1) is 13.9. The van der Waals surface area contributed by atoms with Gasteiger partial charge in [0.05, 0.1) is 16.8 Å². The molecular weight excluding hydrogens is 349 g/mol. The molecule has 0 spiro atoms. The van der Waals surface area contributed by atoms with Crippen molar-refractivity contribution in [1.82, 2.24) is 4.98 Å². The molecule has 108 valence electrons. The molecule has 0 aliphatic carbocycles. The van der Waals surface area contributed by atoms with Gasteiger partial charge in [0.25, 0.3) is 0 Å². The number of rotatable bonds is 1. The largest absolute Gasteiger partial charge is 0.436 e. The molecule has 0 amide bonds. The van der Waals surface area contributed by atoms with Crippen molar-refractivity contribution in [2.45, 2.75) is 6.18 Å². The Morgan fingerprint density at radius 2 is 1.90 bits per heavy atom. The average molecular weight is 357 g/mol. The second kappa shape index (κ2) is 4.77. The zero-order valence-corrected chi connectivity index (χ0v) is 12.0. The molecule has 2 N–H and O–H groups in total. The maximum absolute atomic E-state index is 12.8. The van der Waals surface area contributed by atoms with Crippen molar-refractivity contribution in [3.8, 4) is 11.5 Å². The van der Waals surface area contributed by atoms with Gasteiger partial charge in [-0.05, 0) is 46.3 Å². The van der Waals surface area contributed by atoms with Gasteiger partial charge >= 0.3 is 6.18 Å². The summed E-state index contributed by atoms with van der Waals surface area (Å²) in [6.07, 6.45) is -4.43. The summed E-state index contributed by atoms with van der Waals surface area (Å²) in [6, 6.07) is 8.29. The number of hydrogen-bond acceptors (Lipinski definition) is 3. The van der Waals surface area contributed by atoms with Crippen molar-refractivity contribution >= 4 is 32.7 Å². The average Bonchev–Trinajstić information content (AvgIpc) is 2.83. The maximum atomic E-state index is 12.8. The lowest BCUT2D eigenvalue weighted by Gasteiger charge is -2.08. The third-order valence-corrected chi connectivity index (χ3v) is 3.67. The summed E-state index contributed by atoms with van der Waals surface area (Å²) in [5, 5.41) is 0. The highest BCUT2D eigenvalue weighted by atomic mass is 79.9. The molecule has 0 atom stereocenters. The van der Waals surface area contributed by atoms with E-state index in [1.807, 2.05) is 0 Å². The van der Waals surface area contributed by atoms with Crippen LogP contribution in [0.5, 0.6) is 0 Å². The number of nitrogens with zero attached hydrogens (tertiary/aromatic N) is 1. The summed E-state index contributed by atoms with van der Waals surface area (Å²) in [4.78, 5) is 4.18. The normalized spacial score (nSPS) is 12.0. The van der Waals surface area contributed by atoms with Crippen LogP contribution < -0.4 is 5.73 Å². The number of alkyl halides is 3. The predicted octanol–water partition coefficient (Wildman–Crippen LogP) is 4.86. The Morgan fingerprint density at radius 3 is 2.57 bits per heavy atom. The molecule has 3 nitrogen and oxygen atoms in total. The lowest BCUT2D eigenvalue weighted by molar-refractivity contribution is -0.137. The van der Waals surface area contributed by atoms with Crippen LogP contribution in [0.15, 0.2) is 45.3 Å². The van der Waals surface area contributed by atoms with Crippen molar-refractivity contribution in [3.05, 3.63) is 46.4 Å². The van der Waals surface area contributed by atoms with Crippen LogP contribution in [0.1, 0.15) is 5.56 Å². The smallest absolute Gasteiger partial charge is 0.416 e. The summed E-state index contributed by atoms with van der Waals surface area (Å²) in [5.41, 5.74) is 6.49. The van der Waals surface area contributed by atoms with Gasteiger partial charge in [-0.1, -0.05) is 6.07 Å². The monoisotopic (exact) mass is 356 g/mol. The van der Waals surface area contributed by atoms with Gasteiger partial charge in [-0.25, -0.2) is 4.98 Å². The van der Waals surface area contributed by atoms with Crippen LogP contribution in [0.3, 0.4) is 0 Å². The second-order valence-electron chi connectivity index (χ2n) is 4.41. The van der Waals surface area contributed by atoms with E-state index in [0.717, 1.165) is 12.1 Å². The molecule has 0 bridgehead atoms. The minimum absolute atomic E-state index is 0.0841. The number of fused-ring (bicyclic) bond motifs is 1. The van der Waals surface area contributed by atoms with Gasteiger partial charge in [-0.2, -0.15) is 13.2 Å². The minimum atomic E-state index is -4.43. The van der Waals surface area contributed by atoms with Crippen LogP contribution >= 0.6 is 15.9 Å². The Bertz CT molecular complexity index is 827. The molecule has 3 aromatic rings. The first-order valence-electron chi connectivity index (χ1n) is 5.88. The molecule has 1 aromatic heterocycles. The number of hydrogen-bond donors (Lipinski definition) is 1. The van der Waals surface area contributed by atoms with Gasteiger partial charge < -0.3 is 10.2 Å². The van der Waals surface area contributed by atoms with Crippen molar-refractivity contribution in [2.24, 2.45) is 0 Å². The van der Waals surface area contributed by atoms with E-state index in [4.69, 9.17) is 10.2 Å². The van der Waals surface area contributed by atoms with Crippen molar-refractivity contribution in [2.75, 3.05) is 5.73 Å². The molecule has 0 aliphatic heterocycles. The molecule has 21 heavy (non-hydrogen) atoms. The molecule has 0 fully saturated rings. The highest BCUT2D eigenvalue weighted by Gasteiger charge is 2.31. The SMILES string of the molecule is Nc1cccc2oc(-c3cc(C(F)(F)F)ccc3Br)nc12. The zero-order chi connectivity index (χ0) is 15.2. The van der Waals surface area contributed by atoms with Gasteiger partial charge in [-0.3, -0.25) is 0 Å². The summed E-state index contributed by atoms with van der Waals surface area (Å²) in [6.45, 7) is 0. The van der Waals surface area contributed by atoms with E-state index in [2.05, 4.69) is 20.9 Å². The number of benzene rings is 2. The molecule has 1 heterocycles. The minimum Gasteiger partial charge on any atom is -0.436 e. The van der Waals surface area contributed by atoms with E-state index in [0.29, 0.717) is 21.3 Å². The van der Waals surface area contributed by atoms with E-state index in [1.165, 1.54) is 6.07 Å². The Labute approximate surface area is 125 Å². The topological polar surface area (TPSA) is 52.0 Å². The van der Waals surface area contributed by atoms with Crippen LogP contribution in [-0.2, 0) is 6.18 Å². The number of halogens is 4. The molecule has 0 saturated carbocycles. The molecule has 0 aliphatic rings.